The van der Waals surface area contributed by atoms with Crippen molar-refractivity contribution in [3.63, 3.8) is 0 Å². The first-order valence-electron chi connectivity index (χ1n) is 3.85. The number of halogens is 1. The van der Waals surface area contributed by atoms with Crippen LogP contribution >= 0.6 is 11.6 Å². The Labute approximate surface area is 84.0 Å². The molecule has 0 spiro atoms. The number of aryl methyl sites for hydroxylation is 1. The summed E-state index contributed by atoms with van der Waals surface area (Å²) in [6.45, 7) is 0. The summed E-state index contributed by atoms with van der Waals surface area (Å²) >= 11 is 5.73. The van der Waals surface area contributed by atoms with Crippen LogP contribution in [0.4, 0.5) is 5.69 Å². The molecule has 0 saturated carbocycles. The van der Waals surface area contributed by atoms with Crippen molar-refractivity contribution in [3.05, 3.63) is 33.5 Å². The van der Waals surface area contributed by atoms with Crippen LogP contribution in [0.1, 0.15) is 0 Å². The Bertz CT molecular complexity index is 521. The van der Waals surface area contributed by atoms with Crippen molar-refractivity contribution < 1.29 is 4.92 Å². The second kappa shape index (κ2) is 2.95. The molecule has 2 aromatic rings. The molecule has 0 radical (unpaired) electrons. The average Bonchev–Trinajstić information content (AvgIpc) is 2.42. The molecular formula is C8H6ClN3O2. The van der Waals surface area contributed by atoms with Crippen LogP contribution in [0.25, 0.3) is 10.9 Å². The van der Waals surface area contributed by atoms with Gasteiger partial charge in [-0.15, -0.1) is 0 Å². The molecular weight excluding hydrogens is 206 g/mol. The smallest absolute Gasteiger partial charge is 0.275 e. The largest absolute Gasteiger partial charge is 0.290 e. The minimum atomic E-state index is -0.517. The van der Waals surface area contributed by atoms with Gasteiger partial charge in [-0.05, 0) is 6.07 Å². The fourth-order valence-corrected chi connectivity index (χ4v) is 1.54. The minimum Gasteiger partial charge on any atom is -0.275 e. The van der Waals surface area contributed by atoms with Gasteiger partial charge in [-0.3, -0.25) is 14.8 Å². The van der Waals surface area contributed by atoms with Crippen molar-refractivity contribution in [1.82, 2.24) is 9.78 Å². The van der Waals surface area contributed by atoms with Gasteiger partial charge in [0.1, 0.15) is 5.02 Å². The fourth-order valence-electron chi connectivity index (χ4n) is 1.30. The van der Waals surface area contributed by atoms with Gasteiger partial charge in [0.15, 0.2) is 0 Å². The summed E-state index contributed by atoms with van der Waals surface area (Å²) in [7, 11) is 1.75. The van der Waals surface area contributed by atoms with E-state index in [1.165, 1.54) is 6.07 Å². The number of nitro benzene ring substituents is 1. The van der Waals surface area contributed by atoms with E-state index in [1.54, 1.807) is 24.0 Å². The molecule has 0 bridgehead atoms. The molecule has 0 atom stereocenters. The quantitative estimate of drug-likeness (QED) is 0.536. The van der Waals surface area contributed by atoms with Crippen LogP contribution in [0.2, 0.25) is 5.02 Å². The SMILES string of the molecule is Cn1cc2cc(Cl)c([N+](=O)[O-])cc2n1. The zero-order chi connectivity index (χ0) is 10.3. The van der Waals surface area contributed by atoms with Crippen LogP contribution in [-0.4, -0.2) is 14.7 Å². The van der Waals surface area contributed by atoms with Crippen LogP contribution in [-0.2, 0) is 7.05 Å². The lowest BCUT2D eigenvalue weighted by Crippen LogP contribution is -1.89. The number of hydrogen-bond acceptors (Lipinski definition) is 3. The van der Waals surface area contributed by atoms with E-state index < -0.39 is 4.92 Å². The fraction of sp³-hybridized carbons (Fsp3) is 0.125. The van der Waals surface area contributed by atoms with Gasteiger partial charge in [-0.2, -0.15) is 5.10 Å². The van der Waals surface area contributed by atoms with E-state index in [1.807, 2.05) is 0 Å². The van der Waals surface area contributed by atoms with Crippen LogP contribution in [0.5, 0.6) is 0 Å². The van der Waals surface area contributed by atoms with E-state index >= 15 is 0 Å². The molecule has 0 amide bonds. The van der Waals surface area contributed by atoms with Gasteiger partial charge >= 0.3 is 0 Å². The van der Waals surface area contributed by atoms with Crippen molar-refractivity contribution in [3.8, 4) is 0 Å². The van der Waals surface area contributed by atoms with Crippen molar-refractivity contribution in [2.45, 2.75) is 0 Å². The third-order valence-electron chi connectivity index (χ3n) is 1.88. The zero-order valence-electron chi connectivity index (χ0n) is 7.27. The molecule has 1 heterocycles. The van der Waals surface area contributed by atoms with Crippen LogP contribution in [0, 0.1) is 10.1 Å². The van der Waals surface area contributed by atoms with E-state index in [9.17, 15) is 10.1 Å². The van der Waals surface area contributed by atoms with Crippen molar-refractivity contribution >= 4 is 28.2 Å². The van der Waals surface area contributed by atoms with Crippen molar-refractivity contribution in [2.75, 3.05) is 0 Å². The molecule has 0 aliphatic carbocycles. The maximum Gasteiger partial charge on any atom is 0.290 e. The predicted octanol–water partition coefficient (Wildman–Crippen LogP) is 2.13. The van der Waals surface area contributed by atoms with Gasteiger partial charge < -0.3 is 0 Å². The summed E-state index contributed by atoms with van der Waals surface area (Å²) in [6, 6.07) is 2.92. The molecule has 6 heteroatoms. The summed E-state index contributed by atoms with van der Waals surface area (Å²) in [5, 5.41) is 15.5. The number of benzene rings is 1. The third kappa shape index (κ3) is 1.31. The van der Waals surface area contributed by atoms with E-state index in [4.69, 9.17) is 11.6 Å². The number of fused-ring (bicyclic) bond motifs is 1. The first kappa shape index (κ1) is 8.96. The number of nitro groups is 1. The first-order chi connectivity index (χ1) is 6.58. The molecule has 14 heavy (non-hydrogen) atoms. The monoisotopic (exact) mass is 211 g/mol. The number of rotatable bonds is 1. The van der Waals surface area contributed by atoms with Gasteiger partial charge in [0.05, 0.1) is 10.4 Å². The summed E-state index contributed by atoms with van der Waals surface area (Å²) in [6.07, 6.45) is 1.75. The Hall–Kier alpha value is -1.62. The number of aromatic nitrogens is 2. The molecule has 0 aliphatic heterocycles. The van der Waals surface area contributed by atoms with Crippen LogP contribution in [0.15, 0.2) is 18.3 Å². The van der Waals surface area contributed by atoms with E-state index in [0.29, 0.717) is 5.52 Å². The van der Waals surface area contributed by atoms with Gasteiger partial charge in [0.25, 0.3) is 5.69 Å². The maximum absolute atomic E-state index is 10.6. The first-order valence-corrected chi connectivity index (χ1v) is 4.23. The Kier molecular flexibility index (Phi) is 1.89. The minimum absolute atomic E-state index is 0.113. The Morgan fingerprint density at radius 2 is 2.29 bits per heavy atom. The Morgan fingerprint density at radius 1 is 1.57 bits per heavy atom. The van der Waals surface area contributed by atoms with E-state index in [2.05, 4.69) is 5.10 Å². The molecule has 1 aromatic heterocycles. The van der Waals surface area contributed by atoms with Gasteiger partial charge in [-0.1, -0.05) is 11.6 Å². The third-order valence-corrected chi connectivity index (χ3v) is 2.19. The lowest BCUT2D eigenvalue weighted by Gasteiger charge is -1.93. The van der Waals surface area contributed by atoms with Crippen LogP contribution < -0.4 is 0 Å². The molecule has 0 N–H and O–H groups in total. The highest BCUT2D eigenvalue weighted by Gasteiger charge is 2.14. The second-order valence-electron chi connectivity index (χ2n) is 2.92. The number of hydrogen-bond donors (Lipinski definition) is 0. The van der Waals surface area contributed by atoms with E-state index in [-0.39, 0.29) is 10.7 Å². The topological polar surface area (TPSA) is 61.0 Å². The molecule has 5 nitrogen and oxygen atoms in total. The highest BCUT2D eigenvalue weighted by Crippen LogP contribution is 2.28. The molecule has 2 rings (SSSR count). The van der Waals surface area contributed by atoms with Gasteiger partial charge in [-0.25, -0.2) is 0 Å². The summed E-state index contributed by atoms with van der Waals surface area (Å²) in [5.74, 6) is 0. The molecule has 72 valence electrons. The predicted molar refractivity (Wildman–Crippen MR) is 52.4 cm³/mol. The van der Waals surface area contributed by atoms with Crippen LogP contribution in [0.3, 0.4) is 0 Å². The Balaban J connectivity index is 2.76. The van der Waals surface area contributed by atoms with Gasteiger partial charge in [0, 0.05) is 24.7 Å². The molecule has 0 fully saturated rings. The zero-order valence-corrected chi connectivity index (χ0v) is 8.02. The summed E-state index contributed by atoms with van der Waals surface area (Å²) < 4.78 is 1.59. The average molecular weight is 212 g/mol. The molecule has 0 unspecified atom stereocenters. The van der Waals surface area contributed by atoms with Crippen molar-refractivity contribution in [2.24, 2.45) is 7.05 Å². The highest BCUT2D eigenvalue weighted by molar-refractivity contribution is 6.33. The normalized spacial score (nSPS) is 10.7. The standard InChI is InChI=1S/C8H6ClN3O2/c1-11-4-5-2-6(9)8(12(13)14)3-7(5)10-11/h2-4H,1H3. The number of nitrogens with zero attached hydrogens (tertiary/aromatic N) is 3. The molecule has 0 saturated heterocycles. The second-order valence-corrected chi connectivity index (χ2v) is 3.33. The molecule has 1 aromatic carbocycles. The maximum atomic E-state index is 10.6. The molecule has 0 aliphatic rings. The summed E-state index contributed by atoms with van der Waals surface area (Å²) in [5.41, 5.74) is 0.460. The highest BCUT2D eigenvalue weighted by atomic mass is 35.5. The summed E-state index contributed by atoms with van der Waals surface area (Å²) in [4.78, 5) is 10.0. The van der Waals surface area contributed by atoms with Crippen molar-refractivity contribution in [1.29, 1.82) is 0 Å². The Morgan fingerprint density at radius 3 is 2.93 bits per heavy atom. The van der Waals surface area contributed by atoms with Gasteiger partial charge in [0.2, 0.25) is 0 Å². The van der Waals surface area contributed by atoms with E-state index in [0.717, 1.165) is 5.39 Å². The lowest BCUT2D eigenvalue weighted by atomic mass is 10.2. The lowest BCUT2D eigenvalue weighted by molar-refractivity contribution is -0.384.